The van der Waals surface area contributed by atoms with Crippen LogP contribution < -0.4 is 10.1 Å². The number of H-pyrrole nitrogens is 1. The SMILES string of the molecule is O=C(c1nc2ccc(CCCOc3cccc(C4CC4)c3)cc2[nH]1)N1CCNCC1. The van der Waals surface area contributed by atoms with Crippen LogP contribution in [0.15, 0.2) is 42.5 Å². The number of nitrogens with zero attached hydrogens (tertiary/aromatic N) is 2. The van der Waals surface area contributed by atoms with E-state index in [9.17, 15) is 4.79 Å². The minimum Gasteiger partial charge on any atom is -0.494 e. The number of aryl methyl sites for hydroxylation is 1. The number of carbonyl (C=O) groups excluding carboxylic acids is 1. The Balaban J connectivity index is 1.17. The van der Waals surface area contributed by atoms with Crippen molar-refractivity contribution in [2.45, 2.75) is 31.6 Å². The Labute approximate surface area is 176 Å². The number of benzene rings is 2. The maximum atomic E-state index is 12.7. The fourth-order valence-corrected chi connectivity index (χ4v) is 4.07. The van der Waals surface area contributed by atoms with Crippen LogP contribution in [0.2, 0.25) is 0 Å². The van der Waals surface area contributed by atoms with Crippen molar-refractivity contribution in [3.05, 3.63) is 59.4 Å². The number of ether oxygens (including phenoxy) is 1. The monoisotopic (exact) mass is 404 g/mol. The van der Waals surface area contributed by atoms with Gasteiger partial charge in [0, 0.05) is 26.2 Å². The van der Waals surface area contributed by atoms with E-state index in [2.05, 4.69) is 45.6 Å². The molecule has 1 saturated heterocycles. The Morgan fingerprint density at radius 2 is 2.00 bits per heavy atom. The molecule has 30 heavy (non-hydrogen) atoms. The molecule has 1 saturated carbocycles. The molecule has 0 radical (unpaired) electrons. The van der Waals surface area contributed by atoms with Crippen LogP contribution in [-0.2, 0) is 6.42 Å². The standard InChI is InChI=1S/C24H28N4O2/c29-24(28-12-10-25-11-13-28)23-26-21-9-6-17(15-22(21)27-23)3-2-14-30-20-5-1-4-19(16-20)18-7-8-18/h1,4-6,9,15-16,18,25H,2-3,7-8,10-14H2,(H,26,27). The fraction of sp³-hybridized carbons (Fsp3) is 0.417. The van der Waals surface area contributed by atoms with Gasteiger partial charge < -0.3 is 19.9 Å². The molecule has 2 aliphatic rings. The van der Waals surface area contributed by atoms with Crippen molar-refractivity contribution in [3.63, 3.8) is 0 Å². The van der Waals surface area contributed by atoms with Gasteiger partial charge in [0.15, 0.2) is 5.82 Å². The molecule has 156 valence electrons. The first-order valence-corrected chi connectivity index (χ1v) is 11.0. The third kappa shape index (κ3) is 4.33. The normalized spacial score (nSPS) is 16.7. The van der Waals surface area contributed by atoms with E-state index >= 15 is 0 Å². The lowest BCUT2D eigenvalue weighted by molar-refractivity contribution is 0.0725. The number of hydrogen-bond donors (Lipinski definition) is 2. The largest absolute Gasteiger partial charge is 0.494 e. The van der Waals surface area contributed by atoms with Crippen LogP contribution in [-0.4, -0.2) is 53.6 Å². The average molecular weight is 405 g/mol. The van der Waals surface area contributed by atoms with Crippen molar-refractivity contribution in [1.82, 2.24) is 20.2 Å². The molecule has 0 atom stereocenters. The van der Waals surface area contributed by atoms with Crippen LogP contribution in [0.4, 0.5) is 0 Å². The fourth-order valence-electron chi connectivity index (χ4n) is 4.07. The lowest BCUT2D eigenvalue weighted by Gasteiger charge is -2.26. The van der Waals surface area contributed by atoms with E-state index < -0.39 is 0 Å². The number of hydrogen-bond acceptors (Lipinski definition) is 4. The highest BCUT2D eigenvalue weighted by atomic mass is 16.5. The number of amides is 1. The maximum Gasteiger partial charge on any atom is 0.289 e. The molecule has 3 aromatic rings. The molecule has 1 aliphatic carbocycles. The number of imidazole rings is 1. The number of carbonyl (C=O) groups is 1. The molecule has 2 N–H and O–H groups in total. The summed E-state index contributed by atoms with van der Waals surface area (Å²) >= 11 is 0. The summed E-state index contributed by atoms with van der Waals surface area (Å²) in [6.07, 6.45) is 4.49. The third-order valence-electron chi connectivity index (χ3n) is 5.94. The zero-order valence-electron chi connectivity index (χ0n) is 17.2. The molecule has 2 heterocycles. The topological polar surface area (TPSA) is 70.2 Å². The lowest BCUT2D eigenvalue weighted by atomic mass is 10.1. The number of piperazine rings is 1. The quantitative estimate of drug-likeness (QED) is 0.592. The van der Waals surface area contributed by atoms with Gasteiger partial charge in [0.2, 0.25) is 0 Å². The molecule has 0 unspecified atom stereocenters. The van der Waals surface area contributed by atoms with Gasteiger partial charge in [-0.05, 0) is 67.0 Å². The van der Waals surface area contributed by atoms with Gasteiger partial charge in [-0.3, -0.25) is 4.79 Å². The Morgan fingerprint density at radius 1 is 1.13 bits per heavy atom. The number of nitrogens with one attached hydrogen (secondary N) is 2. The lowest BCUT2D eigenvalue weighted by Crippen LogP contribution is -2.46. The van der Waals surface area contributed by atoms with Gasteiger partial charge in [0.25, 0.3) is 5.91 Å². The summed E-state index contributed by atoms with van der Waals surface area (Å²) in [5.74, 6) is 2.14. The van der Waals surface area contributed by atoms with E-state index in [-0.39, 0.29) is 5.91 Å². The van der Waals surface area contributed by atoms with Crippen LogP contribution in [0.5, 0.6) is 5.75 Å². The summed E-state index contributed by atoms with van der Waals surface area (Å²) in [4.78, 5) is 22.2. The van der Waals surface area contributed by atoms with Gasteiger partial charge in [-0.2, -0.15) is 0 Å². The summed E-state index contributed by atoms with van der Waals surface area (Å²) in [5.41, 5.74) is 4.39. The zero-order chi connectivity index (χ0) is 20.3. The Morgan fingerprint density at radius 3 is 2.83 bits per heavy atom. The smallest absolute Gasteiger partial charge is 0.289 e. The van der Waals surface area contributed by atoms with E-state index in [4.69, 9.17) is 4.74 Å². The molecule has 2 fully saturated rings. The van der Waals surface area contributed by atoms with Crippen LogP contribution in [0.3, 0.4) is 0 Å². The Hall–Kier alpha value is -2.86. The van der Waals surface area contributed by atoms with Gasteiger partial charge in [0.05, 0.1) is 17.6 Å². The van der Waals surface area contributed by atoms with E-state index in [1.807, 2.05) is 17.0 Å². The number of rotatable bonds is 7. The average Bonchev–Trinajstić information content (AvgIpc) is 3.56. The summed E-state index contributed by atoms with van der Waals surface area (Å²) in [6, 6.07) is 14.7. The van der Waals surface area contributed by atoms with Crippen molar-refractivity contribution < 1.29 is 9.53 Å². The zero-order valence-corrected chi connectivity index (χ0v) is 17.2. The second kappa shape index (κ2) is 8.48. The predicted molar refractivity (Wildman–Crippen MR) is 117 cm³/mol. The predicted octanol–water partition coefficient (Wildman–Crippen LogP) is 3.50. The van der Waals surface area contributed by atoms with E-state index in [0.717, 1.165) is 61.7 Å². The Kier molecular flexibility index (Phi) is 5.41. The van der Waals surface area contributed by atoms with Crippen LogP contribution in [0, 0.1) is 0 Å². The first kappa shape index (κ1) is 19.1. The molecule has 2 aromatic carbocycles. The second-order valence-electron chi connectivity index (χ2n) is 8.28. The second-order valence-corrected chi connectivity index (χ2v) is 8.28. The molecule has 6 heteroatoms. The molecule has 0 spiro atoms. The van der Waals surface area contributed by atoms with Crippen LogP contribution in [0.25, 0.3) is 11.0 Å². The maximum absolute atomic E-state index is 12.7. The summed E-state index contributed by atoms with van der Waals surface area (Å²) in [5, 5.41) is 3.27. The highest BCUT2D eigenvalue weighted by Gasteiger charge is 2.23. The molecule has 0 bridgehead atoms. The van der Waals surface area contributed by atoms with E-state index in [1.165, 1.54) is 24.0 Å². The van der Waals surface area contributed by atoms with Crippen molar-refractivity contribution in [2.75, 3.05) is 32.8 Å². The van der Waals surface area contributed by atoms with Crippen molar-refractivity contribution >= 4 is 16.9 Å². The van der Waals surface area contributed by atoms with Crippen molar-refractivity contribution in [2.24, 2.45) is 0 Å². The number of fused-ring (bicyclic) bond motifs is 1. The minimum absolute atomic E-state index is 0.0175. The molecular formula is C24H28N4O2. The summed E-state index contributed by atoms with van der Waals surface area (Å²) in [7, 11) is 0. The number of aromatic amines is 1. The molecule has 1 aromatic heterocycles. The molecule has 6 nitrogen and oxygen atoms in total. The van der Waals surface area contributed by atoms with Crippen LogP contribution in [0.1, 0.15) is 46.9 Å². The summed E-state index contributed by atoms with van der Waals surface area (Å²) < 4.78 is 5.96. The van der Waals surface area contributed by atoms with Crippen molar-refractivity contribution in [1.29, 1.82) is 0 Å². The molecule has 5 rings (SSSR count). The van der Waals surface area contributed by atoms with Gasteiger partial charge in [-0.25, -0.2) is 4.98 Å². The molecule has 1 aliphatic heterocycles. The molecular weight excluding hydrogens is 376 g/mol. The van der Waals surface area contributed by atoms with E-state index in [0.29, 0.717) is 12.4 Å². The van der Waals surface area contributed by atoms with Gasteiger partial charge in [0.1, 0.15) is 5.75 Å². The van der Waals surface area contributed by atoms with E-state index in [1.54, 1.807) is 0 Å². The van der Waals surface area contributed by atoms with Gasteiger partial charge >= 0.3 is 0 Å². The summed E-state index contributed by atoms with van der Waals surface area (Å²) in [6.45, 7) is 3.82. The van der Waals surface area contributed by atoms with Gasteiger partial charge in [-0.15, -0.1) is 0 Å². The highest BCUT2D eigenvalue weighted by molar-refractivity contribution is 5.94. The molecule has 1 amide bonds. The third-order valence-corrected chi connectivity index (χ3v) is 5.94. The van der Waals surface area contributed by atoms with Crippen molar-refractivity contribution in [3.8, 4) is 5.75 Å². The van der Waals surface area contributed by atoms with Gasteiger partial charge in [-0.1, -0.05) is 18.2 Å². The Bertz CT molecular complexity index is 1030. The highest BCUT2D eigenvalue weighted by Crippen LogP contribution is 2.40. The number of aromatic nitrogens is 2. The van der Waals surface area contributed by atoms with Crippen LogP contribution >= 0.6 is 0 Å². The first-order valence-electron chi connectivity index (χ1n) is 11.0. The minimum atomic E-state index is -0.0175. The first-order chi connectivity index (χ1) is 14.8.